The first-order chi connectivity index (χ1) is 8.52. The van der Waals surface area contributed by atoms with Crippen molar-refractivity contribution in [3.8, 4) is 11.1 Å². The molecule has 0 aromatic heterocycles. The van der Waals surface area contributed by atoms with Crippen molar-refractivity contribution in [2.45, 2.75) is 6.54 Å². The van der Waals surface area contributed by atoms with E-state index in [9.17, 15) is 13.2 Å². The molecule has 2 N–H and O–H groups in total. The topological polar surface area (TPSA) is 26.0 Å². The third-order valence-electron chi connectivity index (χ3n) is 2.59. The van der Waals surface area contributed by atoms with Crippen molar-refractivity contribution < 1.29 is 13.2 Å². The standard InChI is InChI=1S/C13H9ClF3N/c14-11-5-13(17)12(16)4-10(11)9-3-8(15)2-1-7(9)6-18/h1-5H,6,18H2. The van der Waals surface area contributed by atoms with Gasteiger partial charge in [-0.1, -0.05) is 17.7 Å². The number of nitrogens with two attached hydrogens (primary N) is 1. The maximum Gasteiger partial charge on any atom is 0.160 e. The van der Waals surface area contributed by atoms with Crippen molar-refractivity contribution in [2.75, 3.05) is 0 Å². The molecular weight excluding hydrogens is 263 g/mol. The van der Waals surface area contributed by atoms with Gasteiger partial charge in [-0.15, -0.1) is 0 Å². The van der Waals surface area contributed by atoms with Gasteiger partial charge in [0.05, 0.1) is 5.02 Å². The third-order valence-corrected chi connectivity index (χ3v) is 2.90. The summed E-state index contributed by atoms with van der Waals surface area (Å²) in [4.78, 5) is 0. The quantitative estimate of drug-likeness (QED) is 0.824. The monoisotopic (exact) mass is 271 g/mol. The smallest absolute Gasteiger partial charge is 0.160 e. The van der Waals surface area contributed by atoms with Crippen LogP contribution in [-0.2, 0) is 6.54 Å². The summed E-state index contributed by atoms with van der Waals surface area (Å²) >= 11 is 5.85. The highest BCUT2D eigenvalue weighted by atomic mass is 35.5. The van der Waals surface area contributed by atoms with Gasteiger partial charge in [0.2, 0.25) is 0 Å². The predicted octanol–water partition coefficient (Wildman–Crippen LogP) is 3.88. The van der Waals surface area contributed by atoms with Crippen LogP contribution in [0.3, 0.4) is 0 Å². The molecule has 2 aromatic carbocycles. The first-order valence-electron chi connectivity index (χ1n) is 5.16. The van der Waals surface area contributed by atoms with Crippen molar-refractivity contribution >= 4 is 11.6 Å². The van der Waals surface area contributed by atoms with E-state index in [1.54, 1.807) is 0 Å². The van der Waals surface area contributed by atoms with Crippen molar-refractivity contribution in [2.24, 2.45) is 5.73 Å². The Morgan fingerprint density at radius 2 is 1.61 bits per heavy atom. The van der Waals surface area contributed by atoms with Crippen molar-refractivity contribution in [1.29, 1.82) is 0 Å². The molecule has 1 nitrogen and oxygen atoms in total. The van der Waals surface area contributed by atoms with E-state index in [4.69, 9.17) is 17.3 Å². The molecular formula is C13H9ClF3N. The Hall–Kier alpha value is -1.52. The van der Waals surface area contributed by atoms with Crippen LogP contribution in [0.4, 0.5) is 13.2 Å². The van der Waals surface area contributed by atoms with Gasteiger partial charge in [0.15, 0.2) is 11.6 Å². The minimum absolute atomic E-state index is 0.00852. The van der Waals surface area contributed by atoms with Crippen LogP contribution >= 0.6 is 11.6 Å². The Kier molecular flexibility index (Phi) is 3.59. The molecule has 0 heterocycles. The van der Waals surface area contributed by atoms with Gasteiger partial charge < -0.3 is 5.73 Å². The van der Waals surface area contributed by atoms with Crippen molar-refractivity contribution in [3.05, 3.63) is 58.4 Å². The Morgan fingerprint density at radius 3 is 2.28 bits per heavy atom. The van der Waals surface area contributed by atoms with Crippen LogP contribution in [-0.4, -0.2) is 0 Å². The minimum Gasteiger partial charge on any atom is -0.326 e. The number of halogens is 4. The molecule has 0 unspecified atom stereocenters. The third kappa shape index (κ3) is 2.35. The Bertz CT molecular complexity index is 599. The summed E-state index contributed by atoms with van der Waals surface area (Å²) in [5.41, 5.74) is 6.70. The Morgan fingerprint density at radius 1 is 0.944 bits per heavy atom. The van der Waals surface area contributed by atoms with Crippen LogP contribution in [0.1, 0.15) is 5.56 Å². The van der Waals surface area contributed by atoms with Gasteiger partial charge in [0.25, 0.3) is 0 Å². The molecule has 0 aliphatic carbocycles. The molecule has 0 radical (unpaired) electrons. The number of hydrogen-bond acceptors (Lipinski definition) is 1. The van der Waals surface area contributed by atoms with Crippen LogP contribution < -0.4 is 5.73 Å². The fraction of sp³-hybridized carbons (Fsp3) is 0.0769. The van der Waals surface area contributed by atoms with Gasteiger partial charge in [0.1, 0.15) is 5.82 Å². The van der Waals surface area contributed by atoms with Crippen LogP contribution in [0.15, 0.2) is 30.3 Å². The molecule has 0 bridgehead atoms. The predicted molar refractivity (Wildman–Crippen MR) is 64.7 cm³/mol. The Labute approximate surface area is 107 Å². The van der Waals surface area contributed by atoms with E-state index >= 15 is 0 Å². The van der Waals surface area contributed by atoms with E-state index in [0.717, 1.165) is 12.1 Å². The molecule has 0 atom stereocenters. The lowest BCUT2D eigenvalue weighted by Gasteiger charge is -2.10. The largest absolute Gasteiger partial charge is 0.326 e. The second-order valence-electron chi connectivity index (χ2n) is 3.75. The highest BCUT2D eigenvalue weighted by Crippen LogP contribution is 2.32. The molecule has 94 valence electrons. The highest BCUT2D eigenvalue weighted by molar-refractivity contribution is 6.33. The van der Waals surface area contributed by atoms with Crippen molar-refractivity contribution in [1.82, 2.24) is 0 Å². The summed E-state index contributed by atoms with van der Waals surface area (Å²) in [7, 11) is 0. The molecule has 2 aromatic rings. The molecule has 0 fully saturated rings. The molecule has 0 saturated carbocycles. The SMILES string of the molecule is NCc1ccc(F)cc1-c1cc(F)c(F)cc1Cl. The summed E-state index contributed by atoms with van der Waals surface area (Å²) in [6.45, 7) is 0.144. The van der Waals surface area contributed by atoms with E-state index in [-0.39, 0.29) is 17.1 Å². The molecule has 18 heavy (non-hydrogen) atoms. The van der Waals surface area contributed by atoms with Gasteiger partial charge in [-0.25, -0.2) is 13.2 Å². The molecule has 0 aliphatic heterocycles. The highest BCUT2D eigenvalue weighted by Gasteiger charge is 2.13. The average Bonchev–Trinajstić information content (AvgIpc) is 2.34. The second kappa shape index (κ2) is 5.00. The normalized spacial score (nSPS) is 10.7. The zero-order valence-electron chi connectivity index (χ0n) is 9.18. The van der Waals surface area contributed by atoms with E-state index in [2.05, 4.69) is 0 Å². The Balaban J connectivity index is 2.68. The maximum atomic E-state index is 13.2. The van der Waals surface area contributed by atoms with Crippen LogP contribution in [0.5, 0.6) is 0 Å². The first-order valence-corrected chi connectivity index (χ1v) is 5.54. The van der Waals surface area contributed by atoms with E-state index in [0.29, 0.717) is 11.1 Å². The molecule has 0 aliphatic rings. The zero-order chi connectivity index (χ0) is 13.3. The fourth-order valence-electron chi connectivity index (χ4n) is 1.71. The lowest BCUT2D eigenvalue weighted by atomic mass is 9.99. The number of hydrogen-bond donors (Lipinski definition) is 1. The van der Waals surface area contributed by atoms with Gasteiger partial charge in [-0.2, -0.15) is 0 Å². The lowest BCUT2D eigenvalue weighted by Crippen LogP contribution is -2.00. The average molecular weight is 272 g/mol. The van der Waals surface area contributed by atoms with Crippen LogP contribution in [0.2, 0.25) is 5.02 Å². The van der Waals surface area contributed by atoms with Gasteiger partial charge in [-0.05, 0) is 35.4 Å². The molecule has 5 heteroatoms. The zero-order valence-corrected chi connectivity index (χ0v) is 9.94. The summed E-state index contributed by atoms with van der Waals surface area (Å²) in [5.74, 6) is -2.58. The lowest BCUT2D eigenvalue weighted by molar-refractivity contribution is 0.509. The summed E-state index contributed by atoms with van der Waals surface area (Å²) in [5, 5.41) is 0.00852. The van der Waals surface area contributed by atoms with E-state index < -0.39 is 17.5 Å². The van der Waals surface area contributed by atoms with E-state index in [1.165, 1.54) is 18.2 Å². The molecule has 0 spiro atoms. The summed E-state index contributed by atoms with van der Waals surface area (Å²) in [6, 6.07) is 5.73. The number of rotatable bonds is 2. The van der Waals surface area contributed by atoms with Crippen molar-refractivity contribution in [3.63, 3.8) is 0 Å². The van der Waals surface area contributed by atoms with Gasteiger partial charge in [0, 0.05) is 12.1 Å². The van der Waals surface area contributed by atoms with Gasteiger partial charge in [-0.3, -0.25) is 0 Å². The number of benzene rings is 2. The summed E-state index contributed by atoms with van der Waals surface area (Å²) in [6.07, 6.45) is 0. The fourth-order valence-corrected chi connectivity index (χ4v) is 1.96. The molecule has 0 amide bonds. The maximum absolute atomic E-state index is 13.2. The molecule has 0 saturated heterocycles. The van der Waals surface area contributed by atoms with Crippen LogP contribution in [0, 0.1) is 17.5 Å². The van der Waals surface area contributed by atoms with E-state index in [1.807, 2.05) is 0 Å². The summed E-state index contributed by atoms with van der Waals surface area (Å²) < 4.78 is 39.4. The molecule has 2 rings (SSSR count). The second-order valence-corrected chi connectivity index (χ2v) is 4.16. The first kappa shape index (κ1) is 12.9. The minimum atomic E-state index is -1.05. The van der Waals surface area contributed by atoms with Gasteiger partial charge >= 0.3 is 0 Å². The van der Waals surface area contributed by atoms with Crippen LogP contribution in [0.25, 0.3) is 11.1 Å².